The molecular formula is C17H34N2. The van der Waals surface area contributed by atoms with Crippen molar-refractivity contribution in [2.24, 2.45) is 11.8 Å². The van der Waals surface area contributed by atoms with Gasteiger partial charge in [0, 0.05) is 18.6 Å². The Labute approximate surface area is 120 Å². The van der Waals surface area contributed by atoms with Crippen molar-refractivity contribution >= 4 is 0 Å². The smallest absolute Gasteiger partial charge is 0.0108 e. The summed E-state index contributed by atoms with van der Waals surface area (Å²) in [6.45, 7) is 11.1. The van der Waals surface area contributed by atoms with Crippen molar-refractivity contribution in [2.75, 3.05) is 19.6 Å². The van der Waals surface area contributed by atoms with Gasteiger partial charge in [0.05, 0.1) is 0 Å². The van der Waals surface area contributed by atoms with Crippen LogP contribution in [0.1, 0.15) is 65.7 Å². The summed E-state index contributed by atoms with van der Waals surface area (Å²) in [7, 11) is 0. The number of nitrogens with zero attached hydrogens (tertiary/aromatic N) is 1. The zero-order valence-electron chi connectivity index (χ0n) is 13.3. The third kappa shape index (κ3) is 4.19. The van der Waals surface area contributed by atoms with Gasteiger partial charge in [0.2, 0.25) is 0 Å². The van der Waals surface area contributed by atoms with Crippen molar-refractivity contribution in [1.82, 2.24) is 10.2 Å². The fourth-order valence-corrected chi connectivity index (χ4v) is 4.02. The SMILES string of the molecule is CCC(C)CC(CC)N1CCCC(C2CCCN2)C1. The number of piperidine rings is 1. The molecule has 2 rings (SSSR count). The Morgan fingerprint density at radius 1 is 1.16 bits per heavy atom. The number of likely N-dealkylation sites (tertiary alicyclic amines) is 1. The third-order valence-electron chi connectivity index (χ3n) is 5.52. The third-order valence-corrected chi connectivity index (χ3v) is 5.52. The maximum atomic E-state index is 3.73. The molecule has 2 aliphatic heterocycles. The van der Waals surface area contributed by atoms with E-state index in [1.165, 1.54) is 64.6 Å². The Morgan fingerprint density at radius 2 is 2.00 bits per heavy atom. The van der Waals surface area contributed by atoms with Crippen LogP contribution >= 0.6 is 0 Å². The lowest BCUT2D eigenvalue weighted by Gasteiger charge is -2.41. The van der Waals surface area contributed by atoms with E-state index in [0.29, 0.717) is 0 Å². The number of hydrogen-bond donors (Lipinski definition) is 1. The molecule has 0 bridgehead atoms. The van der Waals surface area contributed by atoms with Crippen LogP contribution in [-0.4, -0.2) is 36.6 Å². The van der Waals surface area contributed by atoms with Crippen molar-refractivity contribution in [3.63, 3.8) is 0 Å². The number of nitrogens with one attached hydrogen (secondary N) is 1. The van der Waals surface area contributed by atoms with E-state index in [4.69, 9.17) is 0 Å². The molecule has 0 aromatic carbocycles. The molecule has 0 saturated carbocycles. The van der Waals surface area contributed by atoms with Crippen LogP contribution in [0.4, 0.5) is 0 Å². The van der Waals surface area contributed by atoms with E-state index in [0.717, 1.165) is 23.9 Å². The summed E-state index contributed by atoms with van der Waals surface area (Å²) in [6, 6.07) is 1.66. The van der Waals surface area contributed by atoms with E-state index >= 15 is 0 Å². The molecule has 0 aromatic heterocycles. The molecule has 1 N–H and O–H groups in total. The highest BCUT2D eigenvalue weighted by molar-refractivity contribution is 4.88. The minimum absolute atomic E-state index is 0.823. The molecular weight excluding hydrogens is 232 g/mol. The fourth-order valence-electron chi connectivity index (χ4n) is 4.02. The second kappa shape index (κ2) is 7.64. The van der Waals surface area contributed by atoms with Gasteiger partial charge in [0.25, 0.3) is 0 Å². The fraction of sp³-hybridized carbons (Fsp3) is 1.00. The lowest BCUT2D eigenvalue weighted by Crippen LogP contribution is -2.47. The second-order valence-corrected chi connectivity index (χ2v) is 6.91. The zero-order valence-corrected chi connectivity index (χ0v) is 13.3. The molecule has 2 heteroatoms. The van der Waals surface area contributed by atoms with Gasteiger partial charge in [-0.3, -0.25) is 0 Å². The highest BCUT2D eigenvalue weighted by Gasteiger charge is 2.31. The lowest BCUT2D eigenvalue weighted by atomic mass is 9.87. The van der Waals surface area contributed by atoms with E-state index in [-0.39, 0.29) is 0 Å². The van der Waals surface area contributed by atoms with Gasteiger partial charge in [-0.25, -0.2) is 0 Å². The molecule has 2 nitrogen and oxygen atoms in total. The van der Waals surface area contributed by atoms with Gasteiger partial charge >= 0.3 is 0 Å². The van der Waals surface area contributed by atoms with Crippen LogP contribution in [-0.2, 0) is 0 Å². The molecule has 0 spiro atoms. The minimum Gasteiger partial charge on any atom is -0.314 e. The first-order chi connectivity index (χ1) is 9.24. The molecule has 0 aromatic rings. The molecule has 0 radical (unpaired) electrons. The zero-order chi connectivity index (χ0) is 13.7. The van der Waals surface area contributed by atoms with Crippen LogP contribution in [0.3, 0.4) is 0 Å². The molecule has 2 saturated heterocycles. The average molecular weight is 266 g/mol. The van der Waals surface area contributed by atoms with Crippen molar-refractivity contribution in [2.45, 2.75) is 77.8 Å². The Kier molecular flexibility index (Phi) is 6.15. The van der Waals surface area contributed by atoms with Crippen LogP contribution in [0.15, 0.2) is 0 Å². The Bertz CT molecular complexity index is 248. The summed E-state index contributed by atoms with van der Waals surface area (Å²) in [6.07, 6.45) is 9.74. The summed E-state index contributed by atoms with van der Waals surface area (Å²) in [5.41, 5.74) is 0. The summed E-state index contributed by atoms with van der Waals surface area (Å²) < 4.78 is 0. The maximum Gasteiger partial charge on any atom is 0.0108 e. The van der Waals surface area contributed by atoms with E-state index in [1.54, 1.807) is 0 Å². The van der Waals surface area contributed by atoms with E-state index in [2.05, 4.69) is 31.0 Å². The molecule has 0 aliphatic carbocycles. The van der Waals surface area contributed by atoms with Crippen LogP contribution in [0.25, 0.3) is 0 Å². The highest BCUT2D eigenvalue weighted by Crippen LogP contribution is 2.28. The standard InChI is InChI=1S/C17H34N2/c1-4-14(3)12-16(5-2)19-11-7-8-15(13-19)17-9-6-10-18-17/h14-18H,4-13H2,1-3H3. The molecule has 19 heavy (non-hydrogen) atoms. The van der Waals surface area contributed by atoms with Crippen LogP contribution in [0, 0.1) is 11.8 Å². The molecule has 2 aliphatic rings. The molecule has 112 valence electrons. The second-order valence-electron chi connectivity index (χ2n) is 6.91. The first-order valence-corrected chi connectivity index (χ1v) is 8.72. The molecule has 0 amide bonds. The molecule has 2 fully saturated rings. The molecule has 4 unspecified atom stereocenters. The predicted octanol–water partition coefficient (Wildman–Crippen LogP) is 3.67. The van der Waals surface area contributed by atoms with Gasteiger partial charge in [-0.15, -0.1) is 0 Å². The van der Waals surface area contributed by atoms with Crippen molar-refractivity contribution in [3.05, 3.63) is 0 Å². The predicted molar refractivity (Wildman–Crippen MR) is 83.5 cm³/mol. The summed E-state index contributed by atoms with van der Waals surface area (Å²) in [5, 5.41) is 3.73. The first-order valence-electron chi connectivity index (χ1n) is 8.72. The van der Waals surface area contributed by atoms with Gasteiger partial charge in [0.15, 0.2) is 0 Å². The van der Waals surface area contributed by atoms with Crippen LogP contribution in [0.5, 0.6) is 0 Å². The Morgan fingerprint density at radius 3 is 2.63 bits per heavy atom. The van der Waals surface area contributed by atoms with Gasteiger partial charge < -0.3 is 10.2 Å². The summed E-state index contributed by atoms with van der Waals surface area (Å²) in [5.74, 6) is 1.80. The minimum atomic E-state index is 0.823. The highest BCUT2D eigenvalue weighted by atomic mass is 15.2. The lowest BCUT2D eigenvalue weighted by molar-refractivity contribution is 0.0915. The van der Waals surface area contributed by atoms with Gasteiger partial charge in [-0.1, -0.05) is 27.2 Å². The number of rotatable bonds is 6. The van der Waals surface area contributed by atoms with E-state index in [1.807, 2.05) is 0 Å². The van der Waals surface area contributed by atoms with Crippen LogP contribution < -0.4 is 5.32 Å². The average Bonchev–Trinajstić information content (AvgIpc) is 2.98. The Balaban J connectivity index is 1.87. The Hall–Kier alpha value is -0.0800. The maximum absolute atomic E-state index is 3.73. The van der Waals surface area contributed by atoms with Gasteiger partial charge in [0.1, 0.15) is 0 Å². The summed E-state index contributed by atoms with van der Waals surface area (Å²) >= 11 is 0. The van der Waals surface area contributed by atoms with Gasteiger partial charge in [-0.05, 0) is 63.5 Å². The van der Waals surface area contributed by atoms with E-state index in [9.17, 15) is 0 Å². The topological polar surface area (TPSA) is 15.3 Å². The first kappa shape index (κ1) is 15.3. The van der Waals surface area contributed by atoms with Crippen molar-refractivity contribution in [3.8, 4) is 0 Å². The van der Waals surface area contributed by atoms with Crippen LogP contribution in [0.2, 0.25) is 0 Å². The van der Waals surface area contributed by atoms with Gasteiger partial charge in [-0.2, -0.15) is 0 Å². The van der Waals surface area contributed by atoms with Crippen molar-refractivity contribution in [1.29, 1.82) is 0 Å². The number of hydrogen-bond acceptors (Lipinski definition) is 2. The quantitative estimate of drug-likeness (QED) is 0.789. The normalized spacial score (nSPS) is 32.4. The molecule has 2 heterocycles. The summed E-state index contributed by atoms with van der Waals surface area (Å²) in [4.78, 5) is 2.82. The van der Waals surface area contributed by atoms with E-state index < -0.39 is 0 Å². The monoisotopic (exact) mass is 266 g/mol. The van der Waals surface area contributed by atoms with Crippen molar-refractivity contribution < 1.29 is 0 Å². The molecule has 4 atom stereocenters. The largest absolute Gasteiger partial charge is 0.314 e.